The van der Waals surface area contributed by atoms with Crippen LogP contribution in [0.15, 0.2) is 24.3 Å². The first kappa shape index (κ1) is 14.8. The summed E-state index contributed by atoms with van der Waals surface area (Å²) < 4.78 is 11.0. The van der Waals surface area contributed by atoms with Crippen LogP contribution in [0.2, 0.25) is 0 Å². The predicted octanol–water partition coefficient (Wildman–Crippen LogP) is 0.867. The summed E-state index contributed by atoms with van der Waals surface area (Å²) in [6, 6.07) is 7.62. The van der Waals surface area contributed by atoms with Crippen molar-refractivity contribution in [3.05, 3.63) is 29.8 Å². The SMILES string of the molecule is Cc1cccc(OC(C)CNC(=O)C2COCCN2)c1. The molecule has 1 heterocycles. The van der Waals surface area contributed by atoms with Crippen LogP contribution in [-0.2, 0) is 9.53 Å². The average molecular weight is 278 g/mol. The first-order valence-corrected chi connectivity index (χ1v) is 6.97. The second-order valence-electron chi connectivity index (χ2n) is 5.07. The first-order chi connectivity index (χ1) is 9.65. The van der Waals surface area contributed by atoms with Crippen molar-refractivity contribution in [2.45, 2.75) is 26.0 Å². The van der Waals surface area contributed by atoms with Gasteiger partial charge < -0.3 is 20.1 Å². The maximum atomic E-state index is 11.9. The van der Waals surface area contributed by atoms with E-state index in [1.54, 1.807) is 0 Å². The number of carbonyl (C=O) groups excluding carboxylic acids is 1. The molecule has 2 atom stereocenters. The Morgan fingerprint density at radius 2 is 2.45 bits per heavy atom. The van der Waals surface area contributed by atoms with Gasteiger partial charge in [-0.1, -0.05) is 12.1 Å². The number of hydrogen-bond donors (Lipinski definition) is 2. The van der Waals surface area contributed by atoms with Gasteiger partial charge in [-0.2, -0.15) is 0 Å². The van der Waals surface area contributed by atoms with E-state index in [1.165, 1.54) is 0 Å². The van der Waals surface area contributed by atoms with Crippen molar-refractivity contribution in [3.63, 3.8) is 0 Å². The number of carbonyl (C=O) groups is 1. The second-order valence-corrected chi connectivity index (χ2v) is 5.07. The van der Waals surface area contributed by atoms with Crippen molar-refractivity contribution in [1.82, 2.24) is 10.6 Å². The van der Waals surface area contributed by atoms with Crippen LogP contribution >= 0.6 is 0 Å². The Morgan fingerprint density at radius 3 is 3.15 bits per heavy atom. The Hall–Kier alpha value is -1.59. The Labute approximate surface area is 119 Å². The lowest BCUT2D eigenvalue weighted by atomic mass is 10.2. The Bertz CT molecular complexity index is 444. The zero-order chi connectivity index (χ0) is 14.4. The fraction of sp³-hybridized carbons (Fsp3) is 0.533. The molecule has 2 unspecified atom stereocenters. The summed E-state index contributed by atoms with van der Waals surface area (Å²) in [6.07, 6.45) is -0.0785. The minimum absolute atomic E-state index is 0.0376. The maximum absolute atomic E-state index is 11.9. The first-order valence-electron chi connectivity index (χ1n) is 6.97. The van der Waals surface area contributed by atoms with Gasteiger partial charge in [0.2, 0.25) is 5.91 Å². The van der Waals surface area contributed by atoms with E-state index in [9.17, 15) is 4.79 Å². The minimum atomic E-state index is -0.255. The standard InChI is InChI=1S/C15H22N2O3/c1-11-4-3-5-13(8-11)20-12(2)9-17-15(18)14-10-19-7-6-16-14/h3-5,8,12,14,16H,6-7,9-10H2,1-2H3,(H,17,18). The van der Waals surface area contributed by atoms with Crippen LogP contribution in [0.3, 0.4) is 0 Å². The molecule has 5 heteroatoms. The molecule has 1 fully saturated rings. The topological polar surface area (TPSA) is 59.6 Å². The third-order valence-electron chi connectivity index (χ3n) is 3.13. The molecule has 0 spiro atoms. The van der Waals surface area contributed by atoms with E-state index in [-0.39, 0.29) is 18.1 Å². The molecule has 1 aromatic rings. The number of amides is 1. The zero-order valence-corrected chi connectivity index (χ0v) is 12.0. The fourth-order valence-electron chi connectivity index (χ4n) is 2.06. The van der Waals surface area contributed by atoms with Crippen molar-refractivity contribution >= 4 is 5.91 Å². The molecule has 0 aliphatic carbocycles. The van der Waals surface area contributed by atoms with Gasteiger partial charge in [0.25, 0.3) is 0 Å². The van der Waals surface area contributed by atoms with Crippen molar-refractivity contribution < 1.29 is 14.3 Å². The van der Waals surface area contributed by atoms with E-state index in [2.05, 4.69) is 10.6 Å². The van der Waals surface area contributed by atoms with Gasteiger partial charge >= 0.3 is 0 Å². The van der Waals surface area contributed by atoms with Gasteiger partial charge in [-0.3, -0.25) is 4.79 Å². The van der Waals surface area contributed by atoms with Crippen molar-refractivity contribution in [3.8, 4) is 5.75 Å². The Kier molecular flexibility index (Phi) is 5.38. The molecular weight excluding hydrogens is 256 g/mol. The van der Waals surface area contributed by atoms with Crippen LogP contribution in [0.4, 0.5) is 0 Å². The van der Waals surface area contributed by atoms with Gasteiger partial charge in [0, 0.05) is 6.54 Å². The summed E-state index contributed by atoms with van der Waals surface area (Å²) in [6.45, 7) is 6.25. The summed E-state index contributed by atoms with van der Waals surface area (Å²) in [5, 5.41) is 6.00. The highest BCUT2D eigenvalue weighted by Gasteiger charge is 2.21. The fourth-order valence-corrected chi connectivity index (χ4v) is 2.06. The largest absolute Gasteiger partial charge is 0.489 e. The van der Waals surface area contributed by atoms with E-state index < -0.39 is 0 Å². The van der Waals surface area contributed by atoms with Crippen LogP contribution in [0.1, 0.15) is 12.5 Å². The molecule has 1 aromatic carbocycles. The third-order valence-corrected chi connectivity index (χ3v) is 3.13. The molecule has 0 aromatic heterocycles. The lowest BCUT2D eigenvalue weighted by molar-refractivity contribution is -0.126. The molecule has 0 saturated carbocycles. The normalized spacial score (nSPS) is 20.2. The van der Waals surface area contributed by atoms with E-state index >= 15 is 0 Å². The quantitative estimate of drug-likeness (QED) is 0.839. The van der Waals surface area contributed by atoms with Gasteiger partial charge in [0.15, 0.2) is 0 Å². The van der Waals surface area contributed by atoms with Gasteiger partial charge in [0.1, 0.15) is 17.9 Å². The van der Waals surface area contributed by atoms with E-state index in [4.69, 9.17) is 9.47 Å². The molecule has 0 bridgehead atoms. The lowest BCUT2D eigenvalue weighted by Gasteiger charge is -2.24. The summed E-state index contributed by atoms with van der Waals surface area (Å²) in [4.78, 5) is 11.9. The van der Waals surface area contributed by atoms with Gasteiger partial charge in [0.05, 0.1) is 19.8 Å². The second kappa shape index (κ2) is 7.26. The Morgan fingerprint density at radius 1 is 1.60 bits per heavy atom. The van der Waals surface area contributed by atoms with Crippen LogP contribution in [0.5, 0.6) is 5.75 Å². The molecule has 1 aliphatic rings. The summed E-state index contributed by atoms with van der Waals surface area (Å²) >= 11 is 0. The highest BCUT2D eigenvalue weighted by Crippen LogP contribution is 2.13. The molecule has 1 aliphatic heterocycles. The van der Waals surface area contributed by atoms with Crippen molar-refractivity contribution in [1.29, 1.82) is 0 Å². The highest BCUT2D eigenvalue weighted by atomic mass is 16.5. The number of rotatable bonds is 5. The maximum Gasteiger partial charge on any atom is 0.239 e. The summed E-state index contributed by atoms with van der Waals surface area (Å²) in [5.41, 5.74) is 1.15. The third kappa shape index (κ3) is 4.51. The van der Waals surface area contributed by atoms with Gasteiger partial charge in [-0.25, -0.2) is 0 Å². The van der Waals surface area contributed by atoms with E-state index in [1.807, 2.05) is 38.1 Å². The van der Waals surface area contributed by atoms with Crippen LogP contribution < -0.4 is 15.4 Å². The predicted molar refractivity (Wildman–Crippen MR) is 76.9 cm³/mol. The number of benzene rings is 1. The smallest absolute Gasteiger partial charge is 0.239 e. The number of morpholine rings is 1. The summed E-state index contributed by atoms with van der Waals surface area (Å²) in [7, 11) is 0. The van der Waals surface area contributed by atoms with Crippen molar-refractivity contribution in [2.24, 2.45) is 0 Å². The number of aryl methyl sites for hydroxylation is 1. The lowest BCUT2D eigenvalue weighted by Crippen LogP contribution is -2.52. The van der Waals surface area contributed by atoms with Crippen molar-refractivity contribution in [2.75, 3.05) is 26.3 Å². The van der Waals surface area contributed by atoms with Crippen LogP contribution in [-0.4, -0.2) is 44.4 Å². The summed E-state index contributed by atoms with van der Waals surface area (Å²) in [5.74, 6) is 0.787. The van der Waals surface area contributed by atoms with Gasteiger partial charge in [-0.15, -0.1) is 0 Å². The zero-order valence-electron chi connectivity index (χ0n) is 12.0. The van der Waals surface area contributed by atoms with E-state index in [0.29, 0.717) is 26.3 Å². The van der Waals surface area contributed by atoms with Crippen LogP contribution in [0.25, 0.3) is 0 Å². The van der Waals surface area contributed by atoms with Gasteiger partial charge in [-0.05, 0) is 31.5 Å². The average Bonchev–Trinajstić information content (AvgIpc) is 2.46. The number of ether oxygens (including phenoxy) is 2. The minimum Gasteiger partial charge on any atom is -0.489 e. The van der Waals surface area contributed by atoms with E-state index in [0.717, 1.165) is 11.3 Å². The molecule has 1 saturated heterocycles. The molecule has 2 N–H and O–H groups in total. The molecule has 110 valence electrons. The van der Waals surface area contributed by atoms with Crippen LogP contribution in [0, 0.1) is 6.92 Å². The molecule has 1 amide bonds. The molecule has 20 heavy (non-hydrogen) atoms. The Balaban J connectivity index is 1.74. The molecule has 0 radical (unpaired) electrons. The molecule has 5 nitrogen and oxygen atoms in total. The monoisotopic (exact) mass is 278 g/mol. The molecular formula is C15H22N2O3. The highest BCUT2D eigenvalue weighted by molar-refractivity contribution is 5.82. The molecule has 2 rings (SSSR count). The number of nitrogens with one attached hydrogen (secondary N) is 2. The number of hydrogen-bond acceptors (Lipinski definition) is 4.